The molecule has 0 saturated carbocycles. The van der Waals surface area contributed by atoms with Gasteiger partial charge >= 0.3 is 0 Å². The molecule has 8 heteroatoms. The Balaban J connectivity index is 2.67. The number of amides is 1. The minimum absolute atomic E-state index is 0.111. The van der Waals surface area contributed by atoms with E-state index in [9.17, 15) is 18.4 Å². The van der Waals surface area contributed by atoms with E-state index in [2.05, 4.69) is 15.3 Å². The van der Waals surface area contributed by atoms with E-state index < -0.39 is 11.3 Å². The number of aromatic nitrogens is 2. The van der Waals surface area contributed by atoms with Crippen LogP contribution in [0.4, 0.5) is 8.78 Å². The largest absolute Gasteiger partial charge is 0.356 e. The predicted octanol–water partition coefficient (Wildman–Crippen LogP) is 2.10. The van der Waals surface area contributed by atoms with Gasteiger partial charge in [0, 0.05) is 24.2 Å². The molecule has 0 spiro atoms. The highest BCUT2D eigenvalue weighted by Gasteiger charge is 2.13. The van der Waals surface area contributed by atoms with E-state index in [1.54, 1.807) is 6.92 Å². The van der Waals surface area contributed by atoms with Crippen LogP contribution < -0.4 is 10.9 Å². The van der Waals surface area contributed by atoms with Crippen LogP contribution in [0.25, 0.3) is 0 Å². The molecular weight excluding hydrogens is 300 g/mol. The van der Waals surface area contributed by atoms with Crippen LogP contribution in [0.3, 0.4) is 0 Å². The lowest BCUT2D eigenvalue weighted by Crippen LogP contribution is -2.28. The first-order valence-corrected chi connectivity index (χ1v) is 7.48. The molecule has 5 nitrogen and oxygen atoms in total. The van der Waals surface area contributed by atoms with E-state index in [0.29, 0.717) is 23.7 Å². The van der Waals surface area contributed by atoms with E-state index in [1.807, 2.05) is 13.8 Å². The number of aromatic amines is 1. The summed E-state index contributed by atoms with van der Waals surface area (Å²) in [5, 5.41) is 2.64. The molecule has 0 aliphatic carbocycles. The van der Waals surface area contributed by atoms with E-state index in [1.165, 1.54) is 0 Å². The molecule has 0 radical (unpaired) electrons. The van der Waals surface area contributed by atoms with Crippen LogP contribution >= 0.6 is 11.8 Å². The molecule has 0 unspecified atom stereocenters. The number of thioether (sulfide) groups is 1. The molecular formula is C13H19F2N3O2S. The Morgan fingerprint density at radius 3 is 2.62 bits per heavy atom. The van der Waals surface area contributed by atoms with Crippen molar-refractivity contribution in [1.82, 2.24) is 15.3 Å². The van der Waals surface area contributed by atoms with Crippen molar-refractivity contribution in [2.45, 2.75) is 44.5 Å². The van der Waals surface area contributed by atoms with Gasteiger partial charge in [-0.15, -0.1) is 0 Å². The first kappa shape index (κ1) is 17.6. The van der Waals surface area contributed by atoms with Crippen molar-refractivity contribution in [2.75, 3.05) is 6.54 Å². The second-order valence-corrected chi connectivity index (χ2v) is 5.99. The molecule has 1 amide bonds. The number of aryl methyl sites for hydroxylation is 1. The number of carbonyl (C=O) groups excluding carboxylic acids is 1. The van der Waals surface area contributed by atoms with Crippen molar-refractivity contribution in [2.24, 2.45) is 5.92 Å². The number of carbonyl (C=O) groups is 1. The molecule has 0 aliphatic heterocycles. The van der Waals surface area contributed by atoms with Gasteiger partial charge in [0.2, 0.25) is 5.91 Å². The number of hydrogen-bond acceptors (Lipinski definition) is 4. The second kappa shape index (κ2) is 8.11. The van der Waals surface area contributed by atoms with Crippen molar-refractivity contribution in [3.8, 4) is 0 Å². The van der Waals surface area contributed by atoms with Gasteiger partial charge < -0.3 is 10.3 Å². The summed E-state index contributed by atoms with van der Waals surface area (Å²) in [5.74, 6) is -2.43. The molecule has 0 fully saturated rings. The second-order valence-electron chi connectivity index (χ2n) is 5.01. The standard InChI is InChI=1S/C13H19F2N3O2S/c1-7(2)6-16-10(19)5-4-9-8(3)17-13(18-11(9)20)21-12(14)15/h7,12H,4-6H2,1-3H3,(H,16,19)(H,17,18,20). The molecule has 21 heavy (non-hydrogen) atoms. The summed E-state index contributed by atoms with van der Waals surface area (Å²) in [6.45, 7) is 6.12. The van der Waals surface area contributed by atoms with Crippen molar-refractivity contribution >= 4 is 17.7 Å². The zero-order chi connectivity index (χ0) is 16.0. The van der Waals surface area contributed by atoms with Crippen LogP contribution in [0.1, 0.15) is 31.5 Å². The summed E-state index contributed by atoms with van der Waals surface area (Å²) in [7, 11) is 0. The maximum absolute atomic E-state index is 12.2. The zero-order valence-corrected chi connectivity index (χ0v) is 13.0. The van der Waals surface area contributed by atoms with Gasteiger partial charge in [0.05, 0.1) is 0 Å². The van der Waals surface area contributed by atoms with Gasteiger partial charge in [0.25, 0.3) is 11.3 Å². The lowest BCUT2D eigenvalue weighted by molar-refractivity contribution is -0.121. The monoisotopic (exact) mass is 319 g/mol. The number of H-pyrrole nitrogens is 1. The third-order valence-electron chi connectivity index (χ3n) is 2.71. The van der Waals surface area contributed by atoms with Crippen molar-refractivity contribution in [1.29, 1.82) is 0 Å². The molecule has 0 aromatic carbocycles. The summed E-state index contributed by atoms with van der Waals surface area (Å²) < 4.78 is 24.5. The molecule has 1 aromatic heterocycles. The maximum Gasteiger partial charge on any atom is 0.291 e. The number of halogens is 2. The van der Waals surface area contributed by atoms with Crippen LogP contribution in [0.15, 0.2) is 9.95 Å². The van der Waals surface area contributed by atoms with Crippen LogP contribution in [0.5, 0.6) is 0 Å². The first-order valence-electron chi connectivity index (χ1n) is 6.61. The summed E-state index contributed by atoms with van der Waals surface area (Å²) >= 11 is 0.192. The quantitative estimate of drug-likeness (QED) is 0.596. The van der Waals surface area contributed by atoms with E-state index in [0.717, 1.165) is 0 Å². The number of nitrogens with one attached hydrogen (secondary N) is 2. The number of rotatable bonds is 7. The zero-order valence-electron chi connectivity index (χ0n) is 12.2. The smallest absolute Gasteiger partial charge is 0.291 e. The molecule has 2 N–H and O–H groups in total. The molecule has 1 heterocycles. The molecule has 0 saturated heterocycles. The molecule has 0 atom stereocenters. The van der Waals surface area contributed by atoms with Gasteiger partial charge in [0.1, 0.15) is 0 Å². The normalized spacial score (nSPS) is 11.2. The Morgan fingerprint density at radius 2 is 2.10 bits per heavy atom. The number of nitrogens with zero attached hydrogens (tertiary/aromatic N) is 1. The van der Waals surface area contributed by atoms with Gasteiger partial charge in [0.15, 0.2) is 5.16 Å². The van der Waals surface area contributed by atoms with Gasteiger partial charge in [-0.25, -0.2) is 4.98 Å². The van der Waals surface area contributed by atoms with Crippen molar-refractivity contribution in [3.63, 3.8) is 0 Å². The van der Waals surface area contributed by atoms with Crippen LogP contribution in [-0.4, -0.2) is 28.2 Å². The molecule has 1 aromatic rings. The molecule has 0 bridgehead atoms. The minimum atomic E-state index is -2.64. The minimum Gasteiger partial charge on any atom is -0.356 e. The van der Waals surface area contributed by atoms with E-state index in [4.69, 9.17) is 0 Å². The molecule has 1 rings (SSSR count). The van der Waals surface area contributed by atoms with Gasteiger partial charge in [-0.3, -0.25) is 9.59 Å². The fourth-order valence-electron chi connectivity index (χ4n) is 1.66. The Bertz CT molecular complexity index is 547. The van der Waals surface area contributed by atoms with E-state index >= 15 is 0 Å². The fourth-order valence-corrected chi connectivity index (χ4v) is 2.17. The lowest BCUT2D eigenvalue weighted by atomic mass is 10.1. The summed E-state index contributed by atoms with van der Waals surface area (Å²) in [6, 6.07) is 0. The highest BCUT2D eigenvalue weighted by Crippen LogP contribution is 2.20. The fraction of sp³-hybridized carbons (Fsp3) is 0.615. The van der Waals surface area contributed by atoms with Gasteiger partial charge in [-0.2, -0.15) is 8.78 Å². The van der Waals surface area contributed by atoms with E-state index in [-0.39, 0.29) is 35.7 Å². The van der Waals surface area contributed by atoms with Crippen LogP contribution in [0.2, 0.25) is 0 Å². The highest BCUT2D eigenvalue weighted by atomic mass is 32.2. The Hall–Kier alpha value is -1.44. The van der Waals surface area contributed by atoms with Gasteiger partial charge in [-0.1, -0.05) is 13.8 Å². The lowest BCUT2D eigenvalue weighted by Gasteiger charge is -2.09. The Morgan fingerprint density at radius 1 is 1.43 bits per heavy atom. The van der Waals surface area contributed by atoms with Crippen LogP contribution in [0, 0.1) is 12.8 Å². The van der Waals surface area contributed by atoms with Crippen LogP contribution in [-0.2, 0) is 11.2 Å². The Labute approximate surface area is 125 Å². The Kier molecular flexibility index (Phi) is 6.80. The SMILES string of the molecule is Cc1nc(SC(F)F)[nH]c(=O)c1CCC(=O)NCC(C)C. The third kappa shape index (κ3) is 6.24. The average Bonchev–Trinajstić information content (AvgIpc) is 2.34. The van der Waals surface area contributed by atoms with Crippen molar-refractivity contribution in [3.05, 3.63) is 21.6 Å². The number of alkyl halides is 2. The third-order valence-corrected chi connectivity index (χ3v) is 3.31. The molecule has 0 aliphatic rings. The number of hydrogen-bond donors (Lipinski definition) is 2. The highest BCUT2D eigenvalue weighted by molar-refractivity contribution is 7.99. The summed E-state index contributed by atoms with van der Waals surface area (Å²) in [5.41, 5.74) is 0.259. The van der Waals surface area contributed by atoms with Crippen molar-refractivity contribution < 1.29 is 13.6 Å². The summed E-state index contributed by atoms with van der Waals surface area (Å²) in [4.78, 5) is 29.7. The van der Waals surface area contributed by atoms with Gasteiger partial charge in [-0.05, 0) is 31.0 Å². The first-order chi connectivity index (χ1) is 9.79. The average molecular weight is 319 g/mol. The topological polar surface area (TPSA) is 74.8 Å². The maximum atomic E-state index is 12.2. The molecule has 118 valence electrons. The predicted molar refractivity (Wildman–Crippen MR) is 77.6 cm³/mol. The summed E-state index contributed by atoms with van der Waals surface area (Å²) in [6.07, 6.45) is 0.400.